The van der Waals surface area contributed by atoms with Crippen LogP contribution in [0, 0.1) is 6.92 Å². The minimum atomic E-state index is -0.838. The van der Waals surface area contributed by atoms with E-state index in [-0.39, 0.29) is 11.3 Å². The molecule has 3 heterocycles. The van der Waals surface area contributed by atoms with Crippen LogP contribution in [0.1, 0.15) is 22.7 Å². The summed E-state index contributed by atoms with van der Waals surface area (Å²) in [6, 6.07) is 14.9. The van der Waals surface area contributed by atoms with Gasteiger partial charge < -0.3 is 5.11 Å². The number of thiazole rings is 1. The van der Waals surface area contributed by atoms with Gasteiger partial charge in [0, 0.05) is 23.0 Å². The fraction of sp³-hybridized carbons (Fsp3) is 0.0833. The van der Waals surface area contributed by atoms with Crippen LogP contribution in [0.2, 0.25) is 5.02 Å². The van der Waals surface area contributed by atoms with E-state index in [0.29, 0.717) is 21.3 Å². The molecule has 0 spiro atoms. The van der Waals surface area contributed by atoms with Crippen LogP contribution in [0.5, 0.6) is 0 Å². The molecule has 5 rings (SSSR count). The number of fused-ring (bicyclic) bond motifs is 1. The van der Waals surface area contributed by atoms with Gasteiger partial charge in [0.25, 0.3) is 5.78 Å². The van der Waals surface area contributed by atoms with Gasteiger partial charge in [0.05, 0.1) is 21.8 Å². The van der Waals surface area contributed by atoms with Crippen molar-refractivity contribution in [2.75, 3.05) is 4.90 Å². The minimum absolute atomic E-state index is 0.000964. The number of amides is 1. The second kappa shape index (κ2) is 7.85. The Morgan fingerprint density at radius 2 is 1.78 bits per heavy atom. The maximum absolute atomic E-state index is 13.2. The Balaban J connectivity index is 1.72. The first-order chi connectivity index (χ1) is 15.4. The number of anilines is 1. The fourth-order valence-corrected chi connectivity index (χ4v) is 4.99. The van der Waals surface area contributed by atoms with Crippen LogP contribution in [0.4, 0.5) is 5.13 Å². The zero-order valence-electron chi connectivity index (χ0n) is 16.8. The number of nitrogens with zero attached hydrogens (tertiary/aromatic N) is 3. The Morgan fingerprint density at radius 1 is 1.06 bits per heavy atom. The van der Waals surface area contributed by atoms with Gasteiger partial charge in [0.15, 0.2) is 5.13 Å². The van der Waals surface area contributed by atoms with Gasteiger partial charge in [0.2, 0.25) is 0 Å². The molecule has 158 valence electrons. The summed E-state index contributed by atoms with van der Waals surface area (Å²) in [6.07, 6.45) is 3.17. The number of carbonyl (C=O) groups excluding carboxylic acids is 2. The minimum Gasteiger partial charge on any atom is -0.507 e. The summed E-state index contributed by atoms with van der Waals surface area (Å²) in [6.45, 7) is 1.98. The van der Waals surface area contributed by atoms with E-state index in [1.165, 1.54) is 16.2 Å². The third kappa shape index (κ3) is 3.36. The fourth-order valence-electron chi connectivity index (χ4n) is 3.78. The second-order valence-corrected chi connectivity index (χ2v) is 8.87. The molecule has 6 nitrogen and oxygen atoms in total. The molecule has 1 aliphatic rings. The molecule has 1 atom stereocenters. The summed E-state index contributed by atoms with van der Waals surface area (Å²) >= 11 is 7.29. The third-order valence-corrected chi connectivity index (χ3v) is 6.59. The number of pyridine rings is 1. The highest BCUT2D eigenvalue weighted by Crippen LogP contribution is 2.44. The first kappa shape index (κ1) is 20.4. The Kier molecular flexibility index (Phi) is 5.00. The van der Waals surface area contributed by atoms with Crippen LogP contribution >= 0.6 is 22.9 Å². The number of aryl methyl sites for hydroxylation is 1. The Morgan fingerprint density at radius 3 is 2.50 bits per heavy atom. The van der Waals surface area contributed by atoms with E-state index >= 15 is 0 Å². The highest BCUT2D eigenvalue weighted by molar-refractivity contribution is 7.22. The molecular formula is C24H16ClN3O3S. The van der Waals surface area contributed by atoms with E-state index in [0.717, 1.165) is 15.8 Å². The standard InChI is InChI=1S/C24H16ClN3O3S/c1-13-2-7-17-18(12-13)32-24(27-17)28-20(14-8-10-26-11-9-14)19(22(30)23(28)31)21(29)15-3-5-16(25)6-4-15/h2-12,20,29H,1H3. The monoisotopic (exact) mass is 461 g/mol. The first-order valence-electron chi connectivity index (χ1n) is 9.78. The highest BCUT2D eigenvalue weighted by atomic mass is 35.5. The lowest BCUT2D eigenvalue weighted by atomic mass is 9.96. The van der Waals surface area contributed by atoms with Crippen LogP contribution in [-0.4, -0.2) is 26.8 Å². The van der Waals surface area contributed by atoms with Crippen molar-refractivity contribution in [2.45, 2.75) is 13.0 Å². The van der Waals surface area contributed by atoms with Crippen molar-refractivity contribution < 1.29 is 14.7 Å². The average molecular weight is 462 g/mol. The smallest absolute Gasteiger partial charge is 0.301 e. The van der Waals surface area contributed by atoms with Crippen molar-refractivity contribution >= 4 is 55.7 Å². The first-order valence-corrected chi connectivity index (χ1v) is 11.0. The maximum Gasteiger partial charge on any atom is 0.301 e. The summed E-state index contributed by atoms with van der Waals surface area (Å²) < 4.78 is 0.910. The van der Waals surface area contributed by atoms with Gasteiger partial charge in [-0.05, 0) is 66.6 Å². The van der Waals surface area contributed by atoms with Gasteiger partial charge in [-0.1, -0.05) is 29.0 Å². The molecule has 1 amide bonds. The maximum atomic E-state index is 13.2. The Labute approximate surface area is 192 Å². The molecule has 0 saturated carbocycles. The zero-order chi connectivity index (χ0) is 22.4. The summed E-state index contributed by atoms with van der Waals surface area (Å²) in [5.41, 5.74) is 2.85. The summed E-state index contributed by atoms with van der Waals surface area (Å²) in [7, 11) is 0. The Bertz CT molecular complexity index is 1400. The van der Waals surface area contributed by atoms with Crippen LogP contribution in [0.15, 0.2) is 72.6 Å². The van der Waals surface area contributed by atoms with Crippen molar-refractivity contribution in [1.29, 1.82) is 0 Å². The summed E-state index contributed by atoms with van der Waals surface area (Å²) in [5, 5.41) is 12.0. The molecule has 1 unspecified atom stereocenters. The number of aliphatic hydroxyl groups is 1. The summed E-state index contributed by atoms with van der Waals surface area (Å²) in [4.78, 5) is 36.4. The number of carbonyl (C=O) groups is 2. The highest BCUT2D eigenvalue weighted by Gasteiger charge is 2.48. The van der Waals surface area contributed by atoms with Crippen molar-refractivity contribution in [1.82, 2.24) is 9.97 Å². The number of hydrogen-bond donors (Lipinski definition) is 1. The van der Waals surface area contributed by atoms with Crippen LogP contribution in [0.25, 0.3) is 16.0 Å². The normalized spacial score (nSPS) is 17.9. The van der Waals surface area contributed by atoms with Gasteiger partial charge in [-0.3, -0.25) is 19.5 Å². The molecule has 4 aromatic rings. The van der Waals surface area contributed by atoms with Crippen LogP contribution < -0.4 is 4.90 Å². The van der Waals surface area contributed by atoms with Crippen molar-refractivity contribution in [3.63, 3.8) is 0 Å². The van der Waals surface area contributed by atoms with E-state index < -0.39 is 17.7 Å². The SMILES string of the molecule is Cc1ccc2nc(N3C(=O)C(=O)C(=C(O)c4ccc(Cl)cc4)C3c3ccncc3)sc2c1. The molecular weight excluding hydrogens is 446 g/mol. The number of halogens is 1. The van der Waals surface area contributed by atoms with E-state index in [4.69, 9.17) is 11.6 Å². The van der Waals surface area contributed by atoms with E-state index in [1.54, 1.807) is 48.8 Å². The van der Waals surface area contributed by atoms with Crippen LogP contribution in [0.3, 0.4) is 0 Å². The van der Waals surface area contributed by atoms with Gasteiger partial charge in [0.1, 0.15) is 5.76 Å². The number of aliphatic hydroxyl groups excluding tert-OH is 1. The van der Waals surface area contributed by atoms with Gasteiger partial charge in [-0.15, -0.1) is 0 Å². The van der Waals surface area contributed by atoms with Gasteiger partial charge >= 0.3 is 5.91 Å². The summed E-state index contributed by atoms with van der Waals surface area (Å²) in [5.74, 6) is -1.77. The lowest BCUT2D eigenvalue weighted by Gasteiger charge is -2.22. The second-order valence-electron chi connectivity index (χ2n) is 7.42. The van der Waals surface area contributed by atoms with Crippen molar-refractivity contribution in [2.24, 2.45) is 0 Å². The molecule has 1 saturated heterocycles. The van der Waals surface area contributed by atoms with Crippen molar-refractivity contribution in [3.8, 4) is 0 Å². The predicted molar refractivity (Wildman–Crippen MR) is 125 cm³/mol. The van der Waals surface area contributed by atoms with Gasteiger partial charge in [-0.25, -0.2) is 4.98 Å². The molecule has 32 heavy (non-hydrogen) atoms. The van der Waals surface area contributed by atoms with E-state index in [1.807, 2.05) is 25.1 Å². The molecule has 0 bridgehead atoms. The van der Waals surface area contributed by atoms with Gasteiger partial charge in [-0.2, -0.15) is 0 Å². The molecule has 2 aromatic carbocycles. The number of aromatic nitrogens is 2. The van der Waals surface area contributed by atoms with E-state index in [9.17, 15) is 14.7 Å². The quantitative estimate of drug-likeness (QED) is 0.255. The molecule has 1 fully saturated rings. The van der Waals surface area contributed by atoms with Crippen molar-refractivity contribution in [3.05, 3.63) is 94.3 Å². The lowest BCUT2D eigenvalue weighted by molar-refractivity contribution is -0.132. The molecule has 0 aliphatic carbocycles. The molecule has 2 aromatic heterocycles. The molecule has 1 N–H and O–H groups in total. The topological polar surface area (TPSA) is 83.4 Å². The number of Topliss-reactive ketones (excluding diaryl/α,β-unsaturated/α-hetero) is 1. The largest absolute Gasteiger partial charge is 0.507 e. The third-order valence-electron chi connectivity index (χ3n) is 5.32. The lowest BCUT2D eigenvalue weighted by Crippen LogP contribution is -2.29. The predicted octanol–water partition coefficient (Wildman–Crippen LogP) is 5.28. The molecule has 0 radical (unpaired) electrons. The Hall–Kier alpha value is -3.55. The number of ketones is 1. The number of benzene rings is 2. The van der Waals surface area contributed by atoms with E-state index in [2.05, 4.69) is 9.97 Å². The average Bonchev–Trinajstić information content (AvgIpc) is 3.32. The zero-order valence-corrected chi connectivity index (χ0v) is 18.4. The van der Waals surface area contributed by atoms with Crippen LogP contribution in [-0.2, 0) is 9.59 Å². The molecule has 8 heteroatoms. The number of hydrogen-bond acceptors (Lipinski definition) is 6. The number of rotatable bonds is 3. The molecule has 1 aliphatic heterocycles.